The van der Waals surface area contributed by atoms with Crippen molar-refractivity contribution in [1.82, 2.24) is 4.90 Å². The van der Waals surface area contributed by atoms with E-state index in [2.05, 4.69) is 11.9 Å². The third kappa shape index (κ3) is 4.92. The highest BCUT2D eigenvalue weighted by Crippen LogP contribution is 2.23. The molecule has 0 unspecified atom stereocenters. The summed E-state index contributed by atoms with van der Waals surface area (Å²) in [6.07, 6.45) is 5.88. The summed E-state index contributed by atoms with van der Waals surface area (Å²) in [5, 5.41) is 0. The lowest BCUT2D eigenvalue weighted by Gasteiger charge is -2.29. The standard InChI is InChI=1S/C16H25FN2/c1-19(12-14-4-8-16(18)9-5-14)11-10-13-2-6-15(17)7-3-13/h2-3,6-7,14,16H,4-5,8-12,18H2,1H3. The first-order valence-electron chi connectivity index (χ1n) is 7.32. The van der Waals surface area contributed by atoms with Gasteiger partial charge in [-0.2, -0.15) is 0 Å². The molecule has 106 valence electrons. The molecule has 0 bridgehead atoms. The fraction of sp³-hybridized carbons (Fsp3) is 0.625. The lowest BCUT2D eigenvalue weighted by Crippen LogP contribution is -2.33. The molecule has 3 heteroatoms. The van der Waals surface area contributed by atoms with Gasteiger partial charge in [0.2, 0.25) is 0 Å². The van der Waals surface area contributed by atoms with Crippen molar-refractivity contribution in [3.63, 3.8) is 0 Å². The largest absolute Gasteiger partial charge is 0.328 e. The SMILES string of the molecule is CN(CCc1ccc(F)cc1)CC1CCC(N)CC1. The van der Waals surface area contributed by atoms with Crippen molar-refractivity contribution in [2.24, 2.45) is 11.7 Å². The third-order valence-corrected chi connectivity index (χ3v) is 4.16. The number of hydrogen-bond donors (Lipinski definition) is 1. The summed E-state index contributed by atoms with van der Waals surface area (Å²) in [5.74, 6) is 0.647. The quantitative estimate of drug-likeness (QED) is 0.886. The Balaban J connectivity index is 1.69. The van der Waals surface area contributed by atoms with Gasteiger partial charge in [0.15, 0.2) is 0 Å². The number of halogens is 1. The molecule has 1 saturated carbocycles. The van der Waals surface area contributed by atoms with Gasteiger partial charge in [0.05, 0.1) is 0 Å². The summed E-state index contributed by atoms with van der Waals surface area (Å²) >= 11 is 0. The number of rotatable bonds is 5. The molecule has 0 radical (unpaired) electrons. The Morgan fingerprint density at radius 2 is 1.79 bits per heavy atom. The number of nitrogens with zero attached hydrogens (tertiary/aromatic N) is 1. The van der Waals surface area contributed by atoms with Gasteiger partial charge in [-0.05, 0) is 62.8 Å². The summed E-state index contributed by atoms with van der Waals surface area (Å²) in [5.41, 5.74) is 7.14. The summed E-state index contributed by atoms with van der Waals surface area (Å²) in [7, 11) is 2.18. The van der Waals surface area contributed by atoms with E-state index >= 15 is 0 Å². The first-order chi connectivity index (χ1) is 9.13. The van der Waals surface area contributed by atoms with Crippen molar-refractivity contribution < 1.29 is 4.39 Å². The minimum atomic E-state index is -0.157. The van der Waals surface area contributed by atoms with Crippen LogP contribution in [0.2, 0.25) is 0 Å². The summed E-state index contributed by atoms with van der Waals surface area (Å²) in [4.78, 5) is 2.39. The Morgan fingerprint density at radius 1 is 1.16 bits per heavy atom. The van der Waals surface area contributed by atoms with Gasteiger partial charge < -0.3 is 10.6 Å². The van der Waals surface area contributed by atoms with Gasteiger partial charge in [-0.15, -0.1) is 0 Å². The average Bonchev–Trinajstić information content (AvgIpc) is 2.41. The van der Waals surface area contributed by atoms with Crippen molar-refractivity contribution in [3.8, 4) is 0 Å². The molecular weight excluding hydrogens is 239 g/mol. The monoisotopic (exact) mass is 264 g/mol. The molecule has 1 aliphatic rings. The molecule has 2 nitrogen and oxygen atoms in total. The molecule has 0 spiro atoms. The van der Waals surface area contributed by atoms with Gasteiger partial charge >= 0.3 is 0 Å². The molecule has 0 aliphatic heterocycles. The Kier molecular flexibility index (Phi) is 5.34. The van der Waals surface area contributed by atoms with Crippen molar-refractivity contribution in [1.29, 1.82) is 0 Å². The van der Waals surface area contributed by atoms with E-state index < -0.39 is 0 Å². The maximum Gasteiger partial charge on any atom is 0.123 e. The fourth-order valence-corrected chi connectivity index (χ4v) is 2.87. The van der Waals surface area contributed by atoms with Gasteiger partial charge in [-0.3, -0.25) is 0 Å². The highest BCUT2D eigenvalue weighted by Gasteiger charge is 2.19. The van der Waals surface area contributed by atoms with E-state index in [1.165, 1.54) is 43.4 Å². The van der Waals surface area contributed by atoms with Crippen LogP contribution < -0.4 is 5.73 Å². The molecule has 0 aromatic heterocycles. The van der Waals surface area contributed by atoms with Crippen LogP contribution in [0.4, 0.5) is 4.39 Å². The summed E-state index contributed by atoms with van der Waals surface area (Å²) in [6, 6.07) is 7.27. The smallest absolute Gasteiger partial charge is 0.123 e. The Bertz CT molecular complexity index is 369. The normalized spacial score (nSPS) is 23.8. The van der Waals surface area contributed by atoms with Crippen LogP contribution in [0, 0.1) is 11.7 Å². The molecule has 0 saturated heterocycles. The van der Waals surface area contributed by atoms with E-state index in [4.69, 9.17) is 5.73 Å². The predicted molar refractivity (Wildman–Crippen MR) is 77.5 cm³/mol. The Hall–Kier alpha value is -0.930. The molecule has 2 rings (SSSR count). The van der Waals surface area contributed by atoms with Gasteiger partial charge in [-0.1, -0.05) is 12.1 Å². The number of benzene rings is 1. The minimum absolute atomic E-state index is 0.157. The molecule has 2 N–H and O–H groups in total. The summed E-state index contributed by atoms with van der Waals surface area (Å²) < 4.78 is 12.8. The molecule has 0 atom stereocenters. The molecule has 1 aliphatic carbocycles. The second-order valence-corrected chi connectivity index (χ2v) is 5.92. The highest BCUT2D eigenvalue weighted by molar-refractivity contribution is 5.16. The van der Waals surface area contributed by atoms with Crippen LogP contribution in [0.25, 0.3) is 0 Å². The van der Waals surface area contributed by atoms with Crippen molar-refractivity contribution in [2.45, 2.75) is 38.1 Å². The van der Waals surface area contributed by atoms with Crippen molar-refractivity contribution >= 4 is 0 Å². The molecule has 1 fully saturated rings. The Morgan fingerprint density at radius 3 is 2.42 bits per heavy atom. The number of hydrogen-bond acceptors (Lipinski definition) is 2. The third-order valence-electron chi connectivity index (χ3n) is 4.16. The first-order valence-corrected chi connectivity index (χ1v) is 7.32. The molecule has 19 heavy (non-hydrogen) atoms. The minimum Gasteiger partial charge on any atom is -0.328 e. The predicted octanol–water partition coefficient (Wildman–Crippen LogP) is 2.82. The number of likely N-dealkylation sites (N-methyl/N-ethyl adjacent to an activating group) is 1. The van der Waals surface area contributed by atoms with E-state index in [0.29, 0.717) is 6.04 Å². The topological polar surface area (TPSA) is 29.3 Å². The van der Waals surface area contributed by atoms with Crippen LogP contribution in [0.15, 0.2) is 24.3 Å². The molecule has 1 aromatic rings. The van der Waals surface area contributed by atoms with Gasteiger partial charge in [-0.25, -0.2) is 4.39 Å². The van der Waals surface area contributed by atoms with E-state index in [0.717, 1.165) is 25.4 Å². The van der Waals surface area contributed by atoms with Gasteiger partial charge in [0, 0.05) is 19.1 Å². The average molecular weight is 264 g/mol. The van der Waals surface area contributed by atoms with E-state index in [1.807, 2.05) is 12.1 Å². The van der Waals surface area contributed by atoms with Crippen LogP contribution in [-0.2, 0) is 6.42 Å². The molecular formula is C16H25FN2. The zero-order chi connectivity index (χ0) is 13.7. The zero-order valence-electron chi connectivity index (χ0n) is 11.8. The van der Waals surface area contributed by atoms with Crippen LogP contribution >= 0.6 is 0 Å². The van der Waals surface area contributed by atoms with Gasteiger partial charge in [0.25, 0.3) is 0 Å². The van der Waals surface area contributed by atoms with E-state index in [-0.39, 0.29) is 5.82 Å². The zero-order valence-corrected chi connectivity index (χ0v) is 11.8. The first kappa shape index (κ1) is 14.5. The van der Waals surface area contributed by atoms with Crippen LogP contribution in [0.5, 0.6) is 0 Å². The lowest BCUT2D eigenvalue weighted by atomic mass is 9.86. The second-order valence-electron chi connectivity index (χ2n) is 5.92. The van der Waals surface area contributed by atoms with E-state index in [1.54, 1.807) is 0 Å². The molecule has 0 amide bonds. The van der Waals surface area contributed by atoms with Gasteiger partial charge in [0.1, 0.15) is 5.82 Å². The van der Waals surface area contributed by atoms with Crippen molar-refractivity contribution in [3.05, 3.63) is 35.6 Å². The molecule has 0 heterocycles. The Labute approximate surface area is 115 Å². The number of nitrogens with two attached hydrogens (primary N) is 1. The maximum atomic E-state index is 12.8. The second kappa shape index (κ2) is 7.01. The fourth-order valence-electron chi connectivity index (χ4n) is 2.87. The molecule has 1 aromatic carbocycles. The van der Waals surface area contributed by atoms with Crippen molar-refractivity contribution in [2.75, 3.05) is 20.1 Å². The van der Waals surface area contributed by atoms with Crippen LogP contribution in [0.1, 0.15) is 31.2 Å². The highest BCUT2D eigenvalue weighted by atomic mass is 19.1. The van der Waals surface area contributed by atoms with E-state index in [9.17, 15) is 4.39 Å². The van der Waals surface area contributed by atoms with Crippen LogP contribution in [0.3, 0.4) is 0 Å². The summed E-state index contributed by atoms with van der Waals surface area (Å²) in [6.45, 7) is 2.20. The lowest BCUT2D eigenvalue weighted by molar-refractivity contribution is 0.225. The van der Waals surface area contributed by atoms with Crippen LogP contribution in [-0.4, -0.2) is 31.1 Å². The maximum absolute atomic E-state index is 12.8.